The summed E-state index contributed by atoms with van der Waals surface area (Å²) in [7, 11) is 1.85. The van der Waals surface area contributed by atoms with Crippen LogP contribution >= 0.6 is 0 Å². The van der Waals surface area contributed by atoms with Gasteiger partial charge in [-0.25, -0.2) is 0 Å². The zero-order chi connectivity index (χ0) is 10.6. The molecule has 3 rings (SSSR count). The van der Waals surface area contributed by atoms with Gasteiger partial charge in [0.15, 0.2) is 0 Å². The molecule has 15 heavy (non-hydrogen) atoms. The first-order chi connectivity index (χ1) is 7.16. The van der Waals surface area contributed by atoms with Gasteiger partial charge in [0.25, 0.3) is 0 Å². The lowest BCUT2D eigenvalue weighted by atomic mass is 9.82. The fourth-order valence-corrected chi connectivity index (χ4v) is 2.65. The smallest absolute Gasteiger partial charge is 0.139 e. The summed E-state index contributed by atoms with van der Waals surface area (Å²) in [5.41, 5.74) is 8.10. The minimum absolute atomic E-state index is 0.317. The monoisotopic (exact) mass is 205 g/mol. The van der Waals surface area contributed by atoms with Gasteiger partial charge >= 0.3 is 0 Å². The Balaban J connectivity index is 2.10. The van der Waals surface area contributed by atoms with Gasteiger partial charge in [-0.1, -0.05) is 0 Å². The minimum Gasteiger partial charge on any atom is -0.384 e. The highest BCUT2D eigenvalue weighted by Crippen LogP contribution is 2.48. The van der Waals surface area contributed by atoms with Gasteiger partial charge in [0.2, 0.25) is 0 Å². The fraction of sp³-hybridized carbons (Fsp3) is 0.636. The molecule has 0 amide bonds. The van der Waals surface area contributed by atoms with E-state index in [0.29, 0.717) is 30.5 Å². The van der Waals surface area contributed by atoms with Crippen LogP contribution in [0.4, 0.5) is 5.82 Å². The summed E-state index contributed by atoms with van der Waals surface area (Å²) in [6, 6.07) is 0. The van der Waals surface area contributed by atoms with Gasteiger partial charge < -0.3 is 5.73 Å². The number of aromatic nitrogens is 2. The summed E-state index contributed by atoms with van der Waals surface area (Å²) in [6.45, 7) is 0. The summed E-state index contributed by atoms with van der Waals surface area (Å²) in [6.07, 6.45) is 3.63. The van der Waals surface area contributed by atoms with Crippen molar-refractivity contribution in [1.82, 2.24) is 9.78 Å². The molecular weight excluding hydrogens is 190 g/mol. The Morgan fingerprint density at radius 1 is 1.47 bits per heavy atom. The second-order valence-corrected chi connectivity index (χ2v) is 4.73. The number of Topliss-reactive ketones (excluding diaryl/α,β-unsaturated/α-hetero) is 1. The van der Waals surface area contributed by atoms with Crippen LogP contribution in [0.2, 0.25) is 0 Å². The number of anilines is 1. The van der Waals surface area contributed by atoms with E-state index in [9.17, 15) is 4.79 Å². The number of hydrogen-bond acceptors (Lipinski definition) is 3. The summed E-state index contributed by atoms with van der Waals surface area (Å²) < 4.78 is 1.71. The molecule has 1 fully saturated rings. The summed E-state index contributed by atoms with van der Waals surface area (Å²) in [5, 5.41) is 4.33. The molecule has 0 saturated heterocycles. The predicted molar refractivity (Wildman–Crippen MR) is 56.4 cm³/mol. The average molecular weight is 205 g/mol. The number of hydrogen-bond donors (Lipinski definition) is 1. The van der Waals surface area contributed by atoms with Gasteiger partial charge in [0, 0.05) is 19.0 Å². The highest BCUT2D eigenvalue weighted by atomic mass is 16.1. The molecule has 2 aliphatic rings. The molecule has 2 aliphatic carbocycles. The van der Waals surface area contributed by atoms with Crippen molar-refractivity contribution in [3.8, 4) is 0 Å². The van der Waals surface area contributed by atoms with E-state index in [1.807, 2.05) is 7.05 Å². The number of nitrogens with zero attached hydrogens (tertiary/aromatic N) is 2. The van der Waals surface area contributed by atoms with Crippen molar-refractivity contribution < 1.29 is 4.79 Å². The fourth-order valence-electron chi connectivity index (χ4n) is 2.65. The summed E-state index contributed by atoms with van der Waals surface area (Å²) in [4.78, 5) is 11.6. The molecule has 0 spiro atoms. The Kier molecular flexibility index (Phi) is 1.69. The third kappa shape index (κ3) is 1.28. The first kappa shape index (κ1) is 8.95. The molecule has 1 saturated carbocycles. The maximum absolute atomic E-state index is 11.6. The second-order valence-electron chi connectivity index (χ2n) is 4.73. The van der Waals surface area contributed by atoms with E-state index < -0.39 is 0 Å². The lowest BCUT2D eigenvalue weighted by molar-refractivity contribution is -0.119. The molecular formula is C11H15N3O. The molecule has 1 atom stereocenters. The molecule has 0 aromatic carbocycles. The number of carbonyl (C=O) groups excluding carboxylic acids is 1. The molecule has 1 aromatic heterocycles. The third-order valence-corrected chi connectivity index (χ3v) is 3.58. The Labute approximate surface area is 88.4 Å². The first-order valence-electron chi connectivity index (χ1n) is 5.49. The topological polar surface area (TPSA) is 60.9 Å². The zero-order valence-electron chi connectivity index (χ0n) is 8.86. The number of fused-ring (bicyclic) bond motifs is 1. The first-order valence-corrected chi connectivity index (χ1v) is 5.49. The molecule has 1 aromatic rings. The molecule has 1 unspecified atom stereocenters. The van der Waals surface area contributed by atoms with Crippen molar-refractivity contribution in [3.63, 3.8) is 0 Å². The third-order valence-electron chi connectivity index (χ3n) is 3.58. The average Bonchev–Trinajstić information content (AvgIpc) is 2.95. The Morgan fingerprint density at radius 2 is 2.20 bits per heavy atom. The van der Waals surface area contributed by atoms with Crippen LogP contribution in [0.15, 0.2) is 0 Å². The highest BCUT2D eigenvalue weighted by Gasteiger charge is 2.40. The number of ketones is 1. The number of nitrogens with two attached hydrogens (primary N) is 1. The van der Waals surface area contributed by atoms with E-state index in [0.717, 1.165) is 11.5 Å². The van der Waals surface area contributed by atoms with Gasteiger partial charge in [-0.3, -0.25) is 9.48 Å². The molecule has 0 aliphatic heterocycles. The van der Waals surface area contributed by atoms with Crippen molar-refractivity contribution in [2.45, 2.75) is 31.6 Å². The lowest BCUT2D eigenvalue weighted by Crippen LogP contribution is -2.19. The van der Waals surface area contributed by atoms with E-state index in [-0.39, 0.29) is 0 Å². The molecule has 4 heteroatoms. The van der Waals surface area contributed by atoms with Gasteiger partial charge in [0.1, 0.15) is 11.6 Å². The van der Waals surface area contributed by atoms with Gasteiger partial charge in [-0.15, -0.1) is 0 Å². The van der Waals surface area contributed by atoms with Gasteiger partial charge in [-0.2, -0.15) is 5.10 Å². The number of rotatable bonds is 1. The van der Waals surface area contributed by atoms with E-state index in [1.54, 1.807) is 4.68 Å². The predicted octanol–water partition coefficient (Wildman–Crippen LogP) is 1.01. The van der Waals surface area contributed by atoms with Crippen LogP contribution in [-0.4, -0.2) is 15.6 Å². The van der Waals surface area contributed by atoms with Crippen molar-refractivity contribution in [1.29, 1.82) is 0 Å². The van der Waals surface area contributed by atoms with Crippen LogP contribution in [0.25, 0.3) is 0 Å². The Bertz CT molecular complexity index is 431. The second kappa shape index (κ2) is 2.84. The molecule has 4 nitrogen and oxygen atoms in total. The van der Waals surface area contributed by atoms with Crippen LogP contribution < -0.4 is 5.73 Å². The molecule has 1 heterocycles. The quantitative estimate of drug-likeness (QED) is 0.744. The lowest BCUT2D eigenvalue weighted by Gasteiger charge is -2.20. The van der Waals surface area contributed by atoms with Crippen molar-refractivity contribution in [2.24, 2.45) is 13.0 Å². The Morgan fingerprint density at radius 3 is 2.87 bits per heavy atom. The van der Waals surface area contributed by atoms with Crippen LogP contribution in [0, 0.1) is 5.92 Å². The number of nitrogen functional groups attached to an aromatic ring is 1. The van der Waals surface area contributed by atoms with Gasteiger partial charge in [0.05, 0.1) is 12.1 Å². The van der Waals surface area contributed by atoms with Crippen molar-refractivity contribution in [3.05, 3.63) is 11.3 Å². The van der Waals surface area contributed by atoms with E-state index in [2.05, 4.69) is 5.10 Å². The summed E-state index contributed by atoms with van der Waals surface area (Å²) >= 11 is 0. The van der Waals surface area contributed by atoms with Crippen LogP contribution in [-0.2, 0) is 18.3 Å². The molecule has 0 bridgehead atoms. The summed E-state index contributed by atoms with van der Waals surface area (Å²) in [5.74, 6) is 2.11. The number of aryl methyl sites for hydroxylation is 1. The van der Waals surface area contributed by atoms with Gasteiger partial charge in [-0.05, 0) is 24.7 Å². The maximum Gasteiger partial charge on any atom is 0.139 e. The van der Waals surface area contributed by atoms with Crippen molar-refractivity contribution >= 4 is 11.6 Å². The molecule has 2 N–H and O–H groups in total. The highest BCUT2D eigenvalue weighted by molar-refractivity contribution is 5.84. The van der Waals surface area contributed by atoms with E-state index >= 15 is 0 Å². The largest absolute Gasteiger partial charge is 0.384 e. The number of carbonyl (C=O) groups is 1. The SMILES string of the molecule is Cn1nc2c(c1N)C(C1CC1)CC(=O)C2. The van der Waals surface area contributed by atoms with Crippen LogP contribution in [0.3, 0.4) is 0 Å². The van der Waals surface area contributed by atoms with Crippen LogP contribution in [0.1, 0.15) is 36.4 Å². The zero-order valence-corrected chi connectivity index (χ0v) is 8.86. The standard InChI is InChI=1S/C11H15N3O/c1-14-11(12)10-8(6-2-3-6)4-7(15)5-9(10)13-14/h6,8H,2-5,12H2,1H3. The molecule has 0 radical (unpaired) electrons. The van der Waals surface area contributed by atoms with E-state index in [1.165, 1.54) is 18.4 Å². The normalized spacial score (nSPS) is 25.4. The Hall–Kier alpha value is -1.32. The van der Waals surface area contributed by atoms with Crippen molar-refractivity contribution in [2.75, 3.05) is 5.73 Å². The van der Waals surface area contributed by atoms with E-state index in [4.69, 9.17) is 5.73 Å². The minimum atomic E-state index is 0.317. The van der Waals surface area contributed by atoms with Crippen LogP contribution in [0.5, 0.6) is 0 Å². The maximum atomic E-state index is 11.6. The molecule has 80 valence electrons.